The third kappa shape index (κ3) is 4.68. The van der Waals surface area contributed by atoms with Gasteiger partial charge in [-0.3, -0.25) is 4.98 Å². The number of carbonyl (C=O) groups is 1. The number of pyridine rings is 1. The molecule has 3 aromatic rings. The lowest BCUT2D eigenvalue weighted by molar-refractivity contribution is 0.134. The minimum Gasteiger partial charge on any atom is -0.394 e. The molecule has 0 aliphatic rings. The minimum absolute atomic E-state index is 0.110. The monoisotopic (exact) mass is 381 g/mol. The molecule has 0 aliphatic carbocycles. The van der Waals surface area contributed by atoms with E-state index in [1.807, 2.05) is 31.2 Å². The second-order valence-electron chi connectivity index (χ2n) is 6.34. The fourth-order valence-electron chi connectivity index (χ4n) is 2.80. The number of hydrogen-bond donors (Lipinski definition) is 2. The van der Waals surface area contributed by atoms with Gasteiger partial charge in [0.05, 0.1) is 19.7 Å². The molecule has 0 saturated carbocycles. The number of benzene rings is 1. The smallest absolute Gasteiger partial charge is 0.322 e. The number of nitrogens with zero attached hydrogens (tertiary/aromatic N) is 6. The molecule has 9 heteroatoms. The lowest BCUT2D eigenvalue weighted by Crippen LogP contribution is -2.44. The Balaban J connectivity index is 1.73. The number of aromatic nitrogens is 5. The van der Waals surface area contributed by atoms with Crippen LogP contribution in [0.3, 0.4) is 0 Å². The van der Waals surface area contributed by atoms with E-state index in [1.165, 1.54) is 4.80 Å². The molecule has 2 N–H and O–H groups in total. The van der Waals surface area contributed by atoms with Crippen molar-refractivity contribution in [1.29, 1.82) is 0 Å². The van der Waals surface area contributed by atoms with E-state index >= 15 is 0 Å². The Morgan fingerprint density at radius 1 is 1.29 bits per heavy atom. The molecule has 0 bridgehead atoms. The molecular formula is C19H23N7O2. The van der Waals surface area contributed by atoms with Crippen LogP contribution in [0.15, 0.2) is 48.8 Å². The molecule has 146 valence electrons. The van der Waals surface area contributed by atoms with Crippen LogP contribution >= 0.6 is 0 Å². The van der Waals surface area contributed by atoms with Crippen molar-refractivity contribution in [2.24, 2.45) is 7.05 Å². The maximum atomic E-state index is 12.9. The molecule has 0 spiro atoms. The molecular weight excluding hydrogens is 358 g/mol. The first-order chi connectivity index (χ1) is 13.6. The van der Waals surface area contributed by atoms with Crippen molar-refractivity contribution in [1.82, 2.24) is 30.1 Å². The lowest BCUT2D eigenvalue weighted by Gasteiger charge is -2.30. The van der Waals surface area contributed by atoms with E-state index in [4.69, 9.17) is 0 Å². The third-order valence-electron chi connectivity index (χ3n) is 4.36. The Morgan fingerprint density at radius 3 is 2.64 bits per heavy atom. The van der Waals surface area contributed by atoms with Crippen LogP contribution in [0, 0.1) is 0 Å². The van der Waals surface area contributed by atoms with Gasteiger partial charge in [0.2, 0.25) is 5.82 Å². The van der Waals surface area contributed by atoms with Gasteiger partial charge in [-0.2, -0.15) is 4.80 Å². The van der Waals surface area contributed by atoms with Gasteiger partial charge in [0.25, 0.3) is 0 Å². The summed E-state index contributed by atoms with van der Waals surface area (Å²) >= 11 is 0. The van der Waals surface area contributed by atoms with Gasteiger partial charge in [-0.25, -0.2) is 4.79 Å². The molecule has 0 fully saturated rings. The highest BCUT2D eigenvalue weighted by Crippen LogP contribution is 2.19. The average Bonchev–Trinajstić information content (AvgIpc) is 3.16. The number of aliphatic hydroxyl groups excluding tert-OH is 1. The SMILES string of the molecule is CCC(CO)N(Cc1cccnc1)C(=O)Nc1ccc(-c2nnn(C)n2)cc1. The number of anilines is 1. The Bertz CT molecular complexity index is 892. The van der Waals surface area contributed by atoms with Crippen molar-refractivity contribution in [2.45, 2.75) is 25.9 Å². The van der Waals surface area contributed by atoms with Gasteiger partial charge in [-0.1, -0.05) is 13.0 Å². The largest absolute Gasteiger partial charge is 0.394 e. The second kappa shape index (κ2) is 9.05. The summed E-state index contributed by atoms with van der Waals surface area (Å²) in [5.41, 5.74) is 2.34. The van der Waals surface area contributed by atoms with Crippen LogP contribution < -0.4 is 5.32 Å². The number of aryl methyl sites for hydroxylation is 1. The predicted octanol–water partition coefficient (Wildman–Crippen LogP) is 2.08. The standard InChI is InChI=1S/C19H23N7O2/c1-3-17(13-27)26(12-14-5-4-10-20-11-14)19(28)21-16-8-6-15(7-9-16)18-22-24-25(2)23-18/h4-11,17,27H,3,12-13H2,1-2H3,(H,21,28). The van der Waals surface area contributed by atoms with Crippen molar-refractivity contribution in [3.63, 3.8) is 0 Å². The van der Waals surface area contributed by atoms with Crippen LogP contribution in [0.5, 0.6) is 0 Å². The Labute approximate surface area is 163 Å². The molecule has 0 aliphatic heterocycles. The molecule has 1 unspecified atom stereocenters. The fourth-order valence-corrected chi connectivity index (χ4v) is 2.80. The maximum Gasteiger partial charge on any atom is 0.322 e. The lowest BCUT2D eigenvalue weighted by atomic mass is 10.1. The van der Waals surface area contributed by atoms with Gasteiger partial charge in [0.15, 0.2) is 0 Å². The zero-order valence-corrected chi connectivity index (χ0v) is 15.9. The number of tetrazole rings is 1. The first-order valence-electron chi connectivity index (χ1n) is 9.02. The highest BCUT2D eigenvalue weighted by molar-refractivity contribution is 5.89. The number of nitrogens with one attached hydrogen (secondary N) is 1. The number of hydrogen-bond acceptors (Lipinski definition) is 6. The zero-order valence-electron chi connectivity index (χ0n) is 15.9. The highest BCUT2D eigenvalue weighted by atomic mass is 16.3. The number of aliphatic hydroxyl groups is 1. The van der Waals surface area contributed by atoms with Crippen molar-refractivity contribution >= 4 is 11.7 Å². The van der Waals surface area contributed by atoms with Gasteiger partial charge in [0, 0.05) is 30.2 Å². The quantitative estimate of drug-likeness (QED) is 0.648. The molecule has 2 aromatic heterocycles. The first-order valence-corrected chi connectivity index (χ1v) is 9.02. The van der Waals surface area contributed by atoms with Crippen molar-refractivity contribution in [3.05, 3.63) is 54.4 Å². The van der Waals surface area contributed by atoms with Gasteiger partial charge in [-0.05, 0) is 47.5 Å². The maximum absolute atomic E-state index is 12.9. The fraction of sp³-hybridized carbons (Fsp3) is 0.316. The van der Waals surface area contributed by atoms with Gasteiger partial charge in [0.1, 0.15) is 0 Å². The number of amides is 2. The minimum atomic E-state index is -0.289. The summed E-state index contributed by atoms with van der Waals surface area (Å²) in [6, 6.07) is 10.4. The molecule has 2 heterocycles. The topological polar surface area (TPSA) is 109 Å². The summed E-state index contributed by atoms with van der Waals surface area (Å²) < 4.78 is 0. The van der Waals surface area contributed by atoms with E-state index in [1.54, 1.807) is 36.5 Å². The van der Waals surface area contributed by atoms with Crippen molar-refractivity contribution in [3.8, 4) is 11.4 Å². The van der Waals surface area contributed by atoms with Gasteiger partial charge >= 0.3 is 6.03 Å². The molecule has 9 nitrogen and oxygen atoms in total. The summed E-state index contributed by atoms with van der Waals surface area (Å²) in [6.45, 7) is 2.19. The van der Waals surface area contributed by atoms with Crippen LogP contribution in [0.2, 0.25) is 0 Å². The Kier molecular flexibility index (Phi) is 6.28. The number of carbonyl (C=O) groups excluding carboxylic acids is 1. The average molecular weight is 381 g/mol. The number of rotatable bonds is 7. The third-order valence-corrected chi connectivity index (χ3v) is 4.36. The Hall–Kier alpha value is -3.33. The summed E-state index contributed by atoms with van der Waals surface area (Å²) in [7, 11) is 1.70. The van der Waals surface area contributed by atoms with E-state index in [9.17, 15) is 9.90 Å². The molecule has 0 radical (unpaired) electrons. The van der Waals surface area contributed by atoms with E-state index in [0.717, 1.165) is 11.1 Å². The molecule has 1 aromatic carbocycles. The zero-order chi connectivity index (χ0) is 19.9. The van der Waals surface area contributed by atoms with Crippen LogP contribution in [-0.2, 0) is 13.6 Å². The molecule has 1 atom stereocenters. The molecule has 28 heavy (non-hydrogen) atoms. The van der Waals surface area contributed by atoms with E-state index in [0.29, 0.717) is 24.5 Å². The van der Waals surface area contributed by atoms with Crippen molar-refractivity contribution < 1.29 is 9.90 Å². The van der Waals surface area contributed by atoms with E-state index in [2.05, 4.69) is 25.7 Å². The van der Waals surface area contributed by atoms with Crippen molar-refractivity contribution in [2.75, 3.05) is 11.9 Å². The molecule has 3 rings (SSSR count). The van der Waals surface area contributed by atoms with Gasteiger partial charge in [-0.15, -0.1) is 10.2 Å². The highest BCUT2D eigenvalue weighted by Gasteiger charge is 2.22. The van der Waals surface area contributed by atoms with Crippen LogP contribution in [-0.4, -0.2) is 53.9 Å². The summed E-state index contributed by atoms with van der Waals surface area (Å²) in [5, 5.41) is 24.5. The number of urea groups is 1. The molecule has 0 saturated heterocycles. The first kappa shape index (κ1) is 19.4. The van der Waals surface area contributed by atoms with Crippen LogP contribution in [0.25, 0.3) is 11.4 Å². The predicted molar refractivity (Wildman–Crippen MR) is 104 cm³/mol. The van der Waals surface area contributed by atoms with E-state index in [-0.39, 0.29) is 18.7 Å². The second-order valence-corrected chi connectivity index (χ2v) is 6.34. The van der Waals surface area contributed by atoms with E-state index < -0.39 is 0 Å². The summed E-state index contributed by atoms with van der Waals surface area (Å²) in [5.74, 6) is 0.518. The van der Waals surface area contributed by atoms with Gasteiger partial charge < -0.3 is 15.3 Å². The normalized spacial score (nSPS) is 11.8. The van der Waals surface area contributed by atoms with Crippen LogP contribution in [0.1, 0.15) is 18.9 Å². The summed E-state index contributed by atoms with van der Waals surface area (Å²) in [6.07, 6.45) is 4.04. The Morgan fingerprint density at radius 2 is 2.07 bits per heavy atom. The molecule has 2 amide bonds. The van der Waals surface area contributed by atoms with Crippen LogP contribution in [0.4, 0.5) is 10.5 Å². The summed E-state index contributed by atoms with van der Waals surface area (Å²) in [4.78, 5) is 20.0.